The highest BCUT2D eigenvalue weighted by Gasteiger charge is 2.35. The first-order valence-corrected chi connectivity index (χ1v) is 8.24. The summed E-state index contributed by atoms with van der Waals surface area (Å²) in [4.78, 5) is 23.8. The fraction of sp³-hybridized carbons (Fsp3) is 0.688. The standard InChI is InChI=1S/C16H25N5O/c1-11(2)19-15(22)13-10-17-9-12(13)14-5-6-18-16(20-14)21-7-3-4-8-21/h5-6,11-13,17H,3-4,7-10H2,1-2H3,(H,19,22)/t12-,13-/m0/s1. The SMILES string of the molecule is CC(C)NC(=O)[C@H]1CNC[C@@H]1c1ccnc(N2CCCC2)n1. The van der Waals surface area contributed by atoms with Crippen molar-refractivity contribution in [3.8, 4) is 0 Å². The van der Waals surface area contributed by atoms with Crippen LogP contribution in [0.5, 0.6) is 0 Å². The highest BCUT2D eigenvalue weighted by Crippen LogP contribution is 2.28. The molecule has 1 aromatic rings. The van der Waals surface area contributed by atoms with Crippen LogP contribution in [0, 0.1) is 5.92 Å². The van der Waals surface area contributed by atoms with Crippen LogP contribution in [0.4, 0.5) is 5.95 Å². The highest BCUT2D eigenvalue weighted by molar-refractivity contribution is 5.80. The molecule has 0 radical (unpaired) electrons. The molecule has 22 heavy (non-hydrogen) atoms. The van der Waals surface area contributed by atoms with Crippen LogP contribution >= 0.6 is 0 Å². The molecule has 2 saturated heterocycles. The van der Waals surface area contributed by atoms with Gasteiger partial charge < -0.3 is 15.5 Å². The quantitative estimate of drug-likeness (QED) is 0.865. The van der Waals surface area contributed by atoms with E-state index in [0.29, 0.717) is 6.54 Å². The van der Waals surface area contributed by atoms with E-state index in [9.17, 15) is 4.79 Å². The van der Waals surface area contributed by atoms with E-state index < -0.39 is 0 Å². The largest absolute Gasteiger partial charge is 0.354 e. The minimum atomic E-state index is -0.0521. The lowest BCUT2D eigenvalue weighted by molar-refractivity contribution is -0.125. The predicted octanol–water partition coefficient (Wildman–Crippen LogP) is 0.904. The summed E-state index contributed by atoms with van der Waals surface area (Å²) in [6.07, 6.45) is 4.24. The summed E-state index contributed by atoms with van der Waals surface area (Å²) in [5, 5.41) is 6.35. The monoisotopic (exact) mass is 303 g/mol. The number of nitrogens with one attached hydrogen (secondary N) is 2. The van der Waals surface area contributed by atoms with Crippen LogP contribution in [0.15, 0.2) is 12.3 Å². The number of carbonyl (C=O) groups is 1. The number of carbonyl (C=O) groups excluding carboxylic acids is 1. The molecular formula is C16H25N5O. The summed E-state index contributed by atoms with van der Waals surface area (Å²) in [6, 6.07) is 2.12. The van der Waals surface area contributed by atoms with Crippen molar-refractivity contribution >= 4 is 11.9 Å². The number of amides is 1. The van der Waals surface area contributed by atoms with Crippen molar-refractivity contribution in [2.45, 2.75) is 38.6 Å². The van der Waals surface area contributed by atoms with E-state index in [1.54, 1.807) is 0 Å². The third-order valence-electron chi connectivity index (χ3n) is 4.42. The second kappa shape index (κ2) is 6.60. The molecule has 1 amide bonds. The van der Waals surface area contributed by atoms with Gasteiger partial charge in [-0.15, -0.1) is 0 Å². The first-order chi connectivity index (χ1) is 10.6. The fourth-order valence-electron chi connectivity index (χ4n) is 3.29. The van der Waals surface area contributed by atoms with E-state index in [4.69, 9.17) is 4.98 Å². The van der Waals surface area contributed by atoms with Gasteiger partial charge in [-0.3, -0.25) is 4.79 Å². The van der Waals surface area contributed by atoms with Crippen LogP contribution in [0.25, 0.3) is 0 Å². The van der Waals surface area contributed by atoms with Crippen molar-refractivity contribution in [1.82, 2.24) is 20.6 Å². The van der Waals surface area contributed by atoms with Gasteiger partial charge in [0.1, 0.15) is 0 Å². The average Bonchev–Trinajstić information content (AvgIpc) is 3.18. The molecule has 1 aromatic heterocycles. The Morgan fingerprint density at radius 3 is 2.86 bits per heavy atom. The Kier molecular flexibility index (Phi) is 4.57. The second-order valence-corrected chi connectivity index (χ2v) is 6.51. The smallest absolute Gasteiger partial charge is 0.225 e. The first kappa shape index (κ1) is 15.2. The summed E-state index contributed by atoms with van der Waals surface area (Å²) in [7, 11) is 0. The molecular weight excluding hydrogens is 278 g/mol. The minimum absolute atomic E-state index is 0.0521. The first-order valence-electron chi connectivity index (χ1n) is 8.24. The highest BCUT2D eigenvalue weighted by atomic mass is 16.2. The molecule has 0 spiro atoms. The van der Waals surface area contributed by atoms with Crippen molar-refractivity contribution in [2.24, 2.45) is 5.92 Å². The van der Waals surface area contributed by atoms with E-state index in [2.05, 4.69) is 20.5 Å². The summed E-state index contributed by atoms with van der Waals surface area (Å²) in [5.41, 5.74) is 0.978. The molecule has 0 aromatic carbocycles. The fourth-order valence-corrected chi connectivity index (χ4v) is 3.29. The van der Waals surface area contributed by atoms with E-state index in [1.165, 1.54) is 12.8 Å². The Morgan fingerprint density at radius 1 is 1.36 bits per heavy atom. The van der Waals surface area contributed by atoms with Crippen molar-refractivity contribution < 1.29 is 4.79 Å². The number of rotatable bonds is 4. The maximum atomic E-state index is 12.4. The number of hydrogen-bond donors (Lipinski definition) is 2. The Balaban J connectivity index is 1.77. The van der Waals surface area contributed by atoms with Crippen molar-refractivity contribution in [1.29, 1.82) is 0 Å². The molecule has 6 heteroatoms. The molecule has 3 rings (SSSR count). The van der Waals surface area contributed by atoms with E-state index in [-0.39, 0.29) is 23.8 Å². The third-order valence-corrected chi connectivity index (χ3v) is 4.42. The molecule has 2 aliphatic heterocycles. The van der Waals surface area contributed by atoms with Gasteiger partial charge in [-0.05, 0) is 32.8 Å². The van der Waals surface area contributed by atoms with Crippen molar-refractivity contribution in [3.05, 3.63) is 18.0 Å². The van der Waals surface area contributed by atoms with Gasteiger partial charge in [0.2, 0.25) is 11.9 Å². The average molecular weight is 303 g/mol. The van der Waals surface area contributed by atoms with E-state index in [1.807, 2.05) is 26.1 Å². The van der Waals surface area contributed by atoms with Gasteiger partial charge in [-0.1, -0.05) is 0 Å². The predicted molar refractivity (Wildman–Crippen MR) is 85.9 cm³/mol. The minimum Gasteiger partial charge on any atom is -0.354 e. The van der Waals surface area contributed by atoms with Gasteiger partial charge in [0.25, 0.3) is 0 Å². The molecule has 0 saturated carbocycles. The lowest BCUT2D eigenvalue weighted by atomic mass is 9.91. The second-order valence-electron chi connectivity index (χ2n) is 6.51. The molecule has 0 unspecified atom stereocenters. The maximum absolute atomic E-state index is 12.4. The summed E-state index contributed by atoms with van der Waals surface area (Å²) in [6.45, 7) is 7.56. The lowest BCUT2D eigenvalue weighted by Crippen LogP contribution is -2.38. The van der Waals surface area contributed by atoms with Crippen LogP contribution in [-0.4, -0.2) is 48.1 Å². The zero-order valence-electron chi connectivity index (χ0n) is 13.4. The van der Waals surface area contributed by atoms with E-state index in [0.717, 1.165) is 31.3 Å². The molecule has 2 aliphatic rings. The van der Waals surface area contributed by atoms with Crippen molar-refractivity contribution in [2.75, 3.05) is 31.1 Å². The normalized spacial score (nSPS) is 25.0. The Bertz CT molecular complexity index is 527. The van der Waals surface area contributed by atoms with Gasteiger partial charge in [-0.25, -0.2) is 9.97 Å². The topological polar surface area (TPSA) is 70.2 Å². The molecule has 0 bridgehead atoms. The maximum Gasteiger partial charge on any atom is 0.225 e. The molecule has 2 N–H and O–H groups in total. The molecule has 2 fully saturated rings. The van der Waals surface area contributed by atoms with Gasteiger partial charge >= 0.3 is 0 Å². The van der Waals surface area contributed by atoms with Gasteiger partial charge in [0, 0.05) is 44.3 Å². The number of nitrogens with zero attached hydrogens (tertiary/aromatic N) is 3. The number of anilines is 1. The van der Waals surface area contributed by atoms with Crippen molar-refractivity contribution in [3.63, 3.8) is 0 Å². The summed E-state index contributed by atoms with van der Waals surface area (Å²) in [5.74, 6) is 1.00. The summed E-state index contributed by atoms with van der Waals surface area (Å²) < 4.78 is 0. The Morgan fingerprint density at radius 2 is 2.14 bits per heavy atom. The molecule has 120 valence electrons. The Labute approximate surface area is 131 Å². The van der Waals surface area contributed by atoms with Gasteiger partial charge in [0.15, 0.2) is 0 Å². The number of hydrogen-bond acceptors (Lipinski definition) is 5. The molecule has 0 aliphatic carbocycles. The molecule has 3 heterocycles. The van der Waals surface area contributed by atoms with E-state index >= 15 is 0 Å². The zero-order chi connectivity index (χ0) is 15.5. The molecule has 2 atom stereocenters. The molecule has 6 nitrogen and oxygen atoms in total. The zero-order valence-corrected chi connectivity index (χ0v) is 13.4. The third kappa shape index (κ3) is 3.21. The van der Waals surface area contributed by atoms with Crippen LogP contribution in [-0.2, 0) is 4.79 Å². The summed E-state index contributed by atoms with van der Waals surface area (Å²) >= 11 is 0. The van der Waals surface area contributed by atoms with Crippen LogP contribution < -0.4 is 15.5 Å². The van der Waals surface area contributed by atoms with Crippen LogP contribution in [0.1, 0.15) is 38.3 Å². The van der Waals surface area contributed by atoms with Crippen LogP contribution in [0.2, 0.25) is 0 Å². The van der Waals surface area contributed by atoms with Gasteiger partial charge in [-0.2, -0.15) is 0 Å². The van der Waals surface area contributed by atoms with Gasteiger partial charge in [0.05, 0.1) is 11.6 Å². The Hall–Kier alpha value is -1.69. The number of aromatic nitrogens is 2. The van der Waals surface area contributed by atoms with Crippen LogP contribution in [0.3, 0.4) is 0 Å². The lowest BCUT2D eigenvalue weighted by Gasteiger charge is -2.21.